The van der Waals surface area contributed by atoms with Gasteiger partial charge in [0.05, 0.1) is 11.9 Å². The molecule has 0 aliphatic heterocycles. The number of nitrogens with zero attached hydrogens (tertiary/aromatic N) is 1. The molecule has 1 N–H and O–H groups in total. The Bertz CT molecular complexity index is 581. The zero-order chi connectivity index (χ0) is 14.0. The summed E-state index contributed by atoms with van der Waals surface area (Å²) in [4.78, 5) is 16.3. The predicted molar refractivity (Wildman–Crippen MR) is 76.0 cm³/mol. The number of aromatic nitrogens is 1. The fourth-order valence-electron chi connectivity index (χ4n) is 1.38. The highest BCUT2D eigenvalue weighted by molar-refractivity contribution is 7.98. The van der Waals surface area contributed by atoms with E-state index in [9.17, 15) is 4.79 Å². The monoisotopic (exact) mass is 297 g/mol. The van der Waals surface area contributed by atoms with Crippen molar-refractivity contribution in [2.24, 2.45) is 0 Å². The first-order valence-corrected chi connectivity index (χ1v) is 7.62. The van der Waals surface area contributed by atoms with Gasteiger partial charge in [-0.15, -0.1) is 23.1 Å². The maximum atomic E-state index is 10.8. The van der Waals surface area contributed by atoms with Gasteiger partial charge < -0.3 is 9.52 Å². The highest BCUT2D eigenvalue weighted by atomic mass is 32.2. The molecule has 0 spiro atoms. The minimum absolute atomic E-state index is 0.0469. The number of carboxylic acid groups (broad SMARTS) is 1. The highest BCUT2D eigenvalue weighted by Crippen LogP contribution is 2.29. The van der Waals surface area contributed by atoms with Crippen molar-refractivity contribution in [3.05, 3.63) is 34.2 Å². The molecule has 2 rings (SSSR count). The molecule has 2 aromatic heterocycles. The van der Waals surface area contributed by atoms with Gasteiger partial charge in [-0.25, -0.2) is 9.78 Å². The average molecular weight is 297 g/mol. The Labute approximate surface area is 119 Å². The van der Waals surface area contributed by atoms with E-state index in [-0.39, 0.29) is 5.41 Å². The number of oxazole rings is 1. The zero-order valence-corrected chi connectivity index (χ0v) is 12.6. The van der Waals surface area contributed by atoms with Gasteiger partial charge in [-0.05, 0) is 6.07 Å². The normalized spacial score (nSPS) is 11.7. The summed E-state index contributed by atoms with van der Waals surface area (Å²) in [7, 11) is 0. The van der Waals surface area contributed by atoms with Crippen molar-refractivity contribution in [1.29, 1.82) is 0 Å². The van der Waals surface area contributed by atoms with Gasteiger partial charge in [-0.2, -0.15) is 0 Å². The van der Waals surface area contributed by atoms with E-state index < -0.39 is 5.97 Å². The number of rotatable bonds is 4. The van der Waals surface area contributed by atoms with E-state index in [0.29, 0.717) is 16.5 Å². The quantitative estimate of drug-likeness (QED) is 0.863. The van der Waals surface area contributed by atoms with Crippen LogP contribution >= 0.6 is 23.1 Å². The van der Waals surface area contributed by atoms with Gasteiger partial charge in [0.25, 0.3) is 0 Å². The highest BCUT2D eigenvalue weighted by Gasteiger charge is 2.19. The third-order valence-electron chi connectivity index (χ3n) is 2.44. The summed E-state index contributed by atoms with van der Waals surface area (Å²) in [5.41, 5.74) is -0.0469. The van der Waals surface area contributed by atoms with Crippen molar-refractivity contribution < 1.29 is 14.3 Å². The summed E-state index contributed by atoms with van der Waals surface area (Å²) >= 11 is 2.76. The summed E-state index contributed by atoms with van der Waals surface area (Å²) < 4.78 is 5.68. The molecule has 0 saturated heterocycles. The maximum absolute atomic E-state index is 10.8. The van der Waals surface area contributed by atoms with Crippen LogP contribution in [-0.2, 0) is 11.2 Å². The van der Waals surface area contributed by atoms with Crippen LogP contribution in [0.3, 0.4) is 0 Å². The standard InChI is InChI=1S/C13H15NO3S2/c1-13(2,3)10-5-14-11(17-10)7-18-8-4-9(12(15)16)19-6-8/h4-6H,7H2,1-3H3,(H,15,16). The second kappa shape index (κ2) is 5.38. The van der Waals surface area contributed by atoms with Crippen LogP contribution < -0.4 is 0 Å². The Morgan fingerprint density at radius 1 is 1.53 bits per heavy atom. The molecule has 0 saturated carbocycles. The van der Waals surface area contributed by atoms with E-state index in [2.05, 4.69) is 25.8 Å². The first-order valence-electron chi connectivity index (χ1n) is 5.76. The zero-order valence-electron chi connectivity index (χ0n) is 11.0. The fraction of sp³-hybridized carbons (Fsp3) is 0.385. The minimum Gasteiger partial charge on any atom is -0.477 e. The van der Waals surface area contributed by atoms with Crippen molar-refractivity contribution in [3.8, 4) is 0 Å². The molecule has 102 valence electrons. The van der Waals surface area contributed by atoms with E-state index in [4.69, 9.17) is 9.52 Å². The van der Waals surface area contributed by atoms with E-state index in [1.165, 1.54) is 23.1 Å². The molecule has 0 aliphatic rings. The molecular weight excluding hydrogens is 282 g/mol. The van der Waals surface area contributed by atoms with E-state index in [1.54, 1.807) is 12.3 Å². The largest absolute Gasteiger partial charge is 0.477 e. The molecule has 0 amide bonds. The predicted octanol–water partition coefficient (Wildman–Crippen LogP) is 4.02. The van der Waals surface area contributed by atoms with Crippen LogP contribution in [0, 0.1) is 0 Å². The molecule has 6 heteroatoms. The topological polar surface area (TPSA) is 63.3 Å². The Hall–Kier alpha value is -1.27. The molecule has 4 nitrogen and oxygen atoms in total. The van der Waals surface area contributed by atoms with Crippen molar-refractivity contribution in [3.63, 3.8) is 0 Å². The second-order valence-electron chi connectivity index (χ2n) is 5.11. The van der Waals surface area contributed by atoms with Crippen LogP contribution in [0.1, 0.15) is 42.1 Å². The van der Waals surface area contributed by atoms with Crippen LogP contribution in [0.25, 0.3) is 0 Å². The minimum atomic E-state index is -0.886. The lowest BCUT2D eigenvalue weighted by molar-refractivity contribution is 0.0702. The third kappa shape index (κ3) is 3.61. The van der Waals surface area contributed by atoms with Crippen molar-refractivity contribution in [2.45, 2.75) is 36.8 Å². The van der Waals surface area contributed by atoms with Crippen molar-refractivity contribution in [1.82, 2.24) is 4.98 Å². The Morgan fingerprint density at radius 2 is 2.26 bits per heavy atom. The average Bonchev–Trinajstić information content (AvgIpc) is 2.95. The van der Waals surface area contributed by atoms with Gasteiger partial charge in [0, 0.05) is 15.7 Å². The Morgan fingerprint density at radius 3 is 2.79 bits per heavy atom. The summed E-state index contributed by atoms with van der Waals surface area (Å²) in [5.74, 6) is 1.24. The molecule has 2 heterocycles. The third-order valence-corrected chi connectivity index (χ3v) is 4.47. The summed E-state index contributed by atoms with van der Waals surface area (Å²) in [6.07, 6.45) is 1.76. The van der Waals surface area contributed by atoms with Crippen molar-refractivity contribution in [2.75, 3.05) is 0 Å². The lowest BCUT2D eigenvalue weighted by Crippen LogP contribution is -2.09. The van der Waals surface area contributed by atoms with Crippen LogP contribution in [0.15, 0.2) is 27.0 Å². The maximum Gasteiger partial charge on any atom is 0.345 e. The number of carbonyl (C=O) groups is 1. The smallest absolute Gasteiger partial charge is 0.345 e. The molecule has 0 atom stereocenters. The van der Waals surface area contributed by atoms with Crippen LogP contribution in [0.2, 0.25) is 0 Å². The Kier molecular flexibility index (Phi) is 4.01. The SMILES string of the molecule is CC(C)(C)c1cnc(CSc2csc(C(=O)O)c2)o1. The van der Waals surface area contributed by atoms with Gasteiger partial charge in [0.15, 0.2) is 0 Å². The molecule has 0 radical (unpaired) electrons. The lowest BCUT2D eigenvalue weighted by atomic mass is 9.94. The number of thiophene rings is 1. The van der Waals surface area contributed by atoms with Gasteiger partial charge in [-0.3, -0.25) is 0 Å². The van der Waals surface area contributed by atoms with E-state index in [0.717, 1.165) is 10.7 Å². The molecule has 0 aromatic carbocycles. The molecule has 19 heavy (non-hydrogen) atoms. The van der Waals surface area contributed by atoms with Gasteiger partial charge in [-0.1, -0.05) is 20.8 Å². The molecule has 0 fully saturated rings. The van der Waals surface area contributed by atoms with Gasteiger partial charge >= 0.3 is 5.97 Å². The summed E-state index contributed by atoms with van der Waals surface area (Å²) in [6, 6.07) is 1.67. The molecule has 0 aliphatic carbocycles. The first kappa shape index (κ1) is 14.1. The van der Waals surface area contributed by atoms with Crippen LogP contribution in [0.4, 0.5) is 0 Å². The second-order valence-corrected chi connectivity index (χ2v) is 7.07. The van der Waals surface area contributed by atoms with Gasteiger partial charge in [0.1, 0.15) is 10.6 Å². The van der Waals surface area contributed by atoms with E-state index >= 15 is 0 Å². The molecule has 2 aromatic rings. The number of thioether (sulfide) groups is 1. The lowest BCUT2D eigenvalue weighted by Gasteiger charge is -2.12. The number of carboxylic acids is 1. The van der Waals surface area contributed by atoms with E-state index in [1.807, 2.05) is 5.38 Å². The van der Waals surface area contributed by atoms with Crippen LogP contribution in [-0.4, -0.2) is 16.1 Å². The molecule has 0 bridgehead atoms. The number of hydrogen-bond acceptors (Lipinski definition) is 5. The Balaban J connectivity index is 1.98. The number of aromatic carboxylic acids is 1. The fourth-order valence-corrected chi connectivity index (χ4v) is 3.10. The van der Waals surface area contributed by atoms with Crippen molar-refractivity contribution >= 4 is 29.1 Å². The molecule has 0 unspecified atom stereocenters. The first-order chi connectivity index (χ1) is 8.86. The van der Waals surface area contributed by atoms with Crippen LogP contribution in [0.5, 0.6) is 0 Å². The summed E-state index contributed by atoms with van der Waals surface area (Å²) in [6.45, 7) is 6.22. The summed E-state index contributed by atoms with van der Waals surface area (Å²) in [5, 5.41) is 10.7. The molecular formula is C13H15NO3S2. The van der Waals surface area contributed by atoms with Gasteiger partial charge in [0.2, 0.25) is 5.89 Å². The number of hydrogen-bond donors (Lipinski definition) is 1.